The Hall–Kier alpha value is -3.54. The molecule has 3 N–H and O–H groups in total. The average molecular weight is 570 g/mol. The first-order chi connectivity index (χ1) is 18.9. The van der Waals surface area contributed by atoms with Crippen molar-refractivity contribution in [1.82, 2.24) is 10.2 Å². The fourth-order valence-electron chi connectivity index (χ4n) is 4.21. The Morgan fingerprint density at radius 1 is 1.10 bits per heavy atom. The van der Waals surface area contributed by atoms with Crippen LogP contribution in [0, 0.1) is 19.3 Å². The lowest BCUT2D eigenvalue weighted by Crippen LogP contribution is -2.54. The number of terminal acetylenes is 1. The fraction of sp³-hybridized carbons (Fsp3) is 0.452. The number of unbranched alkanes of at least 4 members (excludes halogenated alkanes) is 3. The number of aryl methyl sites for hydroxylation is 1. The van der Waals surface area contributed by atoms with Crippen LogP contribution in [0.2, 0.25) is 5.02 Å². The topological polar surface area (TPSA) is 108 Å². The number of hydrogen-bond acceptors (Lipinski definition) is 5. The van der Waals surface area contributed by atoms with Crippen LogP contribution in [0.4, 0.5) is 10.5 Å². The molecule has 2 aromatic rings. The molecule has 216 valence electrons. The van der Waals surface area contributed by atoms with E-state index < -0.39 is 42.2 Å². The smallest absolute Gasteiger partial charge is 0.408 e. The third-order valence-corrected chi connectivity index (χ3v) is 6.46. The molecule has 8 nitrogen and oxygen atoms in total. The highest BCUT2D eigenvalue weighted by molar-refractivity contribution is 6.34. The molecule has 3 amide bonds. The van der Waals surface area contributed by atoms with Crippen molar-refractivity contribution >= 4 is 35.2 Å². The van der Waals surface area contributed by atoms with E-state index >= 15 is 0 Å². The van der Waals surface area contributed by atoms with Crippen molar-refractivity contribution in [3.05, 3.63) is 64.2 Å². The van der Waals surface area contributed by atoms with Crippen molar-refractivity contribution in [1.29, 1.82) is 0 Å². The molecule has 0 spiro atoms. The zero-order valence-corrected chi connectivity index (χ0v) is 24.7. The molecule has 0 radical (unpaired) electrons. The van der Waals surface area contributed by atoms with Crippen molar-refractivity contribution < 1.29 is 24.2 Å². The first-order valence-electron chi connectivity index (χ1n) is 13.5. The molecule has 9 heteroatoms. The molecule has 0 heterocycles. The Morgan fingerprint density at radius 2 is 1.80 bits per heavy atom. The lowest BCUT2D eigenvalue weighted by Gasteiger charge is -2.34. The third kappa shape index (κ3) is 9.29. The van der Waals surface area contributed by atoms with Crippen LogP contribution in [0.5, 0.6) is 0 Å². The molecule has 0 bridgehead atoms. The van der Waals surface area contributed by atoms with Crippen LogP contribution >= 0.6 is 11.6 Å². The van der Waals surface area contributed by atoms with Crippen molar-refractivity contribution in [2.24, 2.45) is 0 Å². The van der Waals surface area contributed by atoms with Crippen molar-refractivity contribution in [2.45, 2.75) is 78.0 Å². The van der Waals surface area contributed by atoms with Gasteiger partial charge >= 0.3 is 6.09 Å². The summed E-state index contributed by atoms with van der Waals surface area (Å²) in [5.41, 5.74) is 1.22. The summed E-state index contributed by atoms with van der Waals surface area (Å²) in [4.78, 5) is 41.9. The molecule has 2 aromatic carbocycles. The predicted molar refractivity (Wildman–Crippen MR) is 158 cm³/mol. The molecule has 0 aliphatic rings. The number of anilines is 1. The van der Waals surface area contributed by atoms with Gasteiger partial charge < -0.3 is 25.4 Å². The summed E-state index contributed by atoms with van der Waals surface area (Å²) in [5, 5.41) is 15.8. The van der Waals surface area contributed by atoms with E-state index in [1.807, 2.05) is 13.0 Å². The third-order valence-electron chi connectivity index (χ3n) is 6.15. The summed E-state index contributed by atoms with van der Waals surface area (Å²) in [6.45, 7) is 8.44. The van der Waals surface area contributed by atoms with Crippen LogP contribution in [-0.2, 0) is 14.3 Å². The van der Waals surface area contributed by atoms with Crippen molar-refractivity contribution in [2.75, 3.05) is 18.5 Å². The van der Waals surface area contributed by atoms with E-state index in [1.54, 1.807) is 57.2 Å². The van der Waals surface area contributed by atoms with E-state index in [1.165, 1.54) is 4.90 Å². The summed E-state index contributed by atoms with van der Waals surface area (Å²) >= 11 is 6.40. The minimum Gasteiger partial charge on any atom is -0.444 e. The number of rotatable bonds is 12. The number of benzene rings is 2. The standard InChI is InChI=1S/C31H40ClN3O5/c1-7-9-10-13-19-35(29(38)25(20-36)33-30(39)40-31(4,5)6)27(23-17-12-11-16-22(23)8-2)28(37)34-26-21(3)15-14-18-24(26)32/h2,11-12,14-18,25,27,36H,7,9-10,13,19-20H2,1,3-6H3,(H,33,39)(H,34,37). The van der Waals surface area contributed by atoms with Gasteiger partial charge in [0.15, 0.2) is 0 Å². The molecule has 0 saturated carbocycles. The van der Waals surface area contributed by atoms with Gasteiger partial charge in [-0.05, 0) is 57.4 Å². The van der Waals surface area contributed by atoms with E-state index in [4.69, 9.17) is 22.8 Å². The number of para-hydroxylation sites is 1. The first-order valence-corrected chi connectivity index (χ1v) is 13.8. The summed E-state index contributed by atoms with van der Waals surface area (Å²) < 4.78 is 5.30. The van der Waals surface area contributed by atoms with Gasteiger partial charge in [0.05, 0.1) is 17.3 Å². The Bertz CT molecular complexity index is 1200. The van der Waals surface area contributed by atoms with Gasteiger partial charge in [-0.3, -0.25) is 9.59 Å². The number of aliphatic hydroxyl groups excluding tert-OH is 1. The van der Waals surface area contributed by atoms with Gasteiger partial charge in [-0.15, -0.1) is 6.42 Å². The quantitative estimate of drug-likeness (QED) is 0.228. The average Bonchev–Trinajstić information content (AvgIpc) is 2.89. The van der Waals surface area contributed by atoms with E-state index in [9.17, 15) is 19.5 Å². The lowest BCUT2D eigenvalue weighted by molar-refractivity contribution is -0.141. The molecule has 2 rings (SSSR count). The number of halogens is 1. The summed E-state index contributed by atoms with van der Waals surface area (Å²) in [7, 11) is 0. The fourth-order valence-corrected chi connectivity index (χ4v) is 4.48. The maximum absolute atomic E-state index is 14.0. The Balaban J connectivity index is 2.58. The van der Waals surface area contributed by atoms with E-state index in [-0.39, 0.29) is 6.54 Å². The van der Waals surface area contributed by atoms with E-state index in [2.05, 4.69) is 23.5 Å². The number of ether oxygens (including phenoxy) is 1. The maximum atomic E-state index is 14.0. The second-order valence-electron chi connectivity index (χ2n) is 10.5. The van der Waals surface area contributed by atoms with Gasteiger partial charge in [-0.1, -0.05) is 74.0 Å². The van der Waals surface area contributed by atoms with Crippen LogP contribution in [0.3, 0.4) is 0 Å². The van der Waals surface area contributed by atoms with Crippen molar-refractivity contribution in [3.8, 4) is 12.3 Å². The predicted octanol–water partition coefficient (Wildman–Crippen LogP) is 5.60. The molecular formula is C31H40ClN3O5. The molecule has 2 unspecified atom stereocenters. The van der Waals surface area contributed by atoms with Gasteiger partial charge in [0.1, 0.15) is 17.7 Å². The molecule has 2 atom stereocenters. The monoisotopic (exact) mass is 569 g/mol. The Morgan fingerprint density at radius 3 is 2.40 bits per heavy atom. The van der Waals surface area contributed by atoms with Crippen LogP contribution in [0.15, 0.2) is 42.5 Å². The summed E-state index contributed by atoms with van der Waals surface area (Å²) in [6, 6.07) is 9.60. The molecule has 40 heavy (non-hydrogen) atoms. The number of carbonyl (C=O) groups is 3. The van der Waals surface area contributed by atoms with Crippen LogP contribution in [0.25, 0.3) is 0 Å². The second kappa shape index (κ2) is 15.3. The summed E-state index contributed by atoms with van der Waals surface area (Å²) in [5.74, 6) is 1.43. The summed E-state index contributed by atoms with van der Waals surface area (Å²) in [6.07, 6.45) is 8.27. The first kappa shape index (κ1) is 32.7. The van der Waals surface area contributed by atoms with Gasteiger partial charge in [-0.2, -0.15) is 0 Å². The minimum absolute atomic E-state index is 0.184. The van der Waals surface area contributed by atoms with Gasteiger partial charge in [0.25, 0.3) is 5.91 Å². The minimum atomic E-state index is -1.35. The molecule has 0 aliphatic carbocycles. The van der Waals surface area contributed by atoms with E-state index in [0.717, 1.165) is 24.8 Å². The van der Waals surface area contributed by atoms with Gasteiger partial charge in [0.2, 0.25) is 5.91 Å². The number of nitrogens with one attached hydrogen (secondary N) is 2. The molecule has 0 saturated heterocycles. The number of carbonyl (C=O) groups excluding carboxylic acids is 3. The number of amides is 3. The zero-order valence-electron chi connectivity index (χ0n) is 23.9. The second-order valence-corrected chi connectivity index (χ2v) is 10.9. The number of nitrogens with zero attached hydrogens (tertiary/aromatic N) is 1. The molecule has 0 aromatic heterocycles. The van der Waals surface area contributed by atoms with Crippen LogP contribution in [0.1, 0.15) is 76.1 Å². The highest BCUT2D eigenvalue weighted by atomic mass is 35.5. The molecule has 0 fully saturated rings. The highest BCUT2D eigenvalue weighted by Gasteiger charge is 2.37. The van der Waals surface area contributed by atoms with Gasteiger partial charge in [0, 0.05) is 12.1 Å². The lowest BCUT2D eigenvalue weighted by atomic mass is 9.97. The number of hydrogen-bond donors (Lipinski definition) is 3. The van der Waals surface area contributed by atoms with Crippen LogP contribution < -0.4 is 10.6 Å². The Labute approximate surface area is 242 Å². The largest absolute Gasteiger partial charge is 0.444 e. The maximum Gasteiger partial charge on any atom is 0.408 e. The van der Waals surface area contributed by atoms with Crippen molar-refractivity contribution in [3.63, 3.8) is 0 Å². The number of aliphatic hydroxyl groups is 1. The van der Waals surface area contributed by atoms with E-state index in [0.29, 0.717) is 28.3 Å². The highest BCUT2D eigenvalue weighted by Crippen LogP contribution is 2.31. The van der Waals surface area contributed by atoms with Gasteiger partial charge in [-0.25, -0.2) is 4.79 Å². The zero-order chi connectivity index (χ0) is 29.9. The number of alkyl carbamates (subject to hydrolysis) is 1. The molecular weight excluding hydrogens is 530 g/mol. The Kier molecular flexibility index (Phi) is 12.5. The normalized spacial score (nSPS) is 12.6. The van der Waals surface area contributed by atoms with Crippen LogP contribution in [-0.4, -0.2) is 52.7 Å². The molecule has 0 aliphatic heterocycles. The SMILES string of the molecule is C#Cc1ccccc1C(C(=O)Nc1c(C)cccc1Cl)N(CCCCCC)C(=O)C(CO)NC(=O)OC(C)(C)C.